The zero-order valence-electron chi connectivity index (χ0n) is 9.43. The number of rotatable bonds is 5. The topological polar surface area (TPSA) is 86.6 Å². The van der Waals surface area contributed by atoms with Gasteiger partial charge in [-0.2, -0.15) is 0 Å². The summed E-state index contributed by atoms with van der Waals surface area (Å²) in [5.74, 6) is -3.32. The number of carboxylic acid groups (broad SMARTS) is 2. The van der Waals surface area contributed by atoms with Crippen molar-refractivity contribution in [2.75, 3.05) is 5.32 Å². The van der Waals surface area contributed by atoms with Crippen molar-refractivity contribution in [3.05, 3.63) is 53.0 Å². The van der Waals surface area contributed by atoms with Crippen LogP contribution in [0.5, 0.6) is 0 Å². The Bertz CT molecular complexity index is 549. The third-order valence-electron chi connectivity index (χ3n) is 1.99. The Morgan fingerprint density at radius 2 is 1.95 bits per heavy atom. The van der Waals surface area contributed by atoms with Crippen molar-refractivity contribution in [3.63, 3.8) is 0 Å². The summed E-state index contributed by atoms with van der Waals surface area (Å²) in [5, 5.41) is 19.7. The van der Waals surface area contributed by atoms with Gasteiger partial charge in [-0.1, -0.05) is 17.7 Å². The minimum absolute atomic E-state index is 0.0724. The summed E-state index contributed by atoms with van der Waals surface area (Å²) in [6.07, 6.45) is 2.48. The third kappa shape index (κ3) is 4.44. The molecule has 0 aromatic heterocycles. The maximum Gasteiger partial charge on any atom is 0.337 e. The molecule has 3 N–H and O–H groups in total. The quantitative estimate of drug-likeness (QED) is 0.571. The SMILES string of the molecule is O=C(O)C=CC(=CNc1c(F)cccc1Cl)C(=O)O. The first-order chi connectivity index (χ1) is 8.91. The molecular formula is C12H9ClFNO4. The lowest BCUT2D eigenvalue weighted by molar-refractivity contribution is -0.132. The van der Waals surface area contributed by atoms with Gasteiger partial charge in [0.05, 0.1) is 16.3 Å². The van der Waals surface area contributed by atoms with Crippen LogP contribution >= 0.6 is 11.6 Å². The minimum Gasteiger partial charge on any atom is -0.478 e. The van der Waals surface area contributed by atoms with E-state index in [1.54, 1.807) is 0 Å². The van der Waals surface area contributed by atoms with Gasteiger partial charge in [0.2, 0.25) is 0 Å². The molecule has 0 heterocycles. The first kappa shape index (κ1) is 14.7. The average Bonchev–Trinajstić information content (AvgIpc) is 2.31. The van der Waals surface area contributed by atoms with E-state index in [1.807, 2.05) is 0 Å². The summed E-state index contributed by atoms with van der Waals surface area (Å²) in [7, 11) is 0. The number of hydrogen-bond acceptors (Lipinski definition) is 3. The van der Waals surface area contributed by atoms with Gasteiger partial charge in [0.1, 0.15) is 5.82 Å². The second-order valence-electron chi connectivity index (χ2n) is 3.32. The highest BCUT2D eigenvalue weighted by molar-refractivity contribution is 6.33. The second kappa shape index (κ2) is 6.55. The van der Waals surface area contributed by atoms with E-state index in [-0.39, 0.29) is 16.3 Å². The van der Waals surface area contributed by atoms with E-state index in [9.17, 15) is 14.0 Å². The summed E-state index contributed by atoms with van der Waals surface area (Å²) in [6, 6.07) is 3.97. The van der Waals surface area contributed by atoms with Crippen molar-refractivity contribution in [1.29, 1.82) is 0 Å². The Morgan fingerprint density at radius 3 is 2.47 bits per heavy atom. The van der Waals surface area contributed by atoms with Crippen molar-refractivity contribution in [2.45, 2.75) is 0 Å². The molecule has 100 valence electrons. The van der Waals surface area contributed by atoms with Crippen LogP contribution in [0.4, 0.5) is 10.1 Å². The van der Waals surface area contributed by atoms with Crippen LogP contribution in [-0.4, -0.2) is 22.2 Å². The number of aliphatic carboxylic acids is 2. The molecule has 0 aliphatic carbocycles. The van der Waals surface area contributed by atoms with E-state index < -0.39 is 17.8 Å². The lowest BCUT2D eigenvalue weighted by Gasteiger charge is -2.05. The Balaban J connectivity index is 2.99. The largest absolute Gasteiger partial charge is 0.478 e. The number of carbonyl (C=O) groups is 2. The van der Waals surface area contributed by atoms with E-state index in [0.717, 1.165) is 18.3 Å². The van der Waals surface area contributed by atoms with Gasteiger partial charge >= 0.3 is 11.9 Å². The van der Waals surface area contributed by atoms with Crippen LogP contribution in [0.3, 0.4) is 0 Å². The number of para-hydroxylation sites is 1. The Hall–Kier alpha value is -2.34. The van der Waals surface area contributed by atoms with Crippen molar-refractivity contribution in [2.24, 2.45) is 0 Å². The number of hydrogen-bond donors (Lipinski definition) is 3. The normalized spacial score (nSPS) is 11.6. The summed E-state index contributed by atoms with van der Waals surface area (Å²) < 4.78 is 13.4. The molecule has 5 nitrogen and oxygen atoms in total. The third-order valence-corrected chi connectivity index (χ3v) is 2.30. The maximum absolute atomic E-state index is 13.4. The first-order valence-corrected chi connectivity index (χ1v) is 5.34. The molecule has 0 unspecified atom stereocenters. The van der Waals surface area contributed by atoms with Gasteiger partial charge in [0, 0.05) is 12.3 Å². The predicted molar refractivity (Wildman–Crippen MR) is 67.5 cm³/mol. The van der Waals surface area contributed by atoms with Crippen LogP contribution in [0.1, 0.15) is 0 Å². The van der Waals surface area contributed by atoms with Crippen LogP contribution in [0.15, 0.2) is 42.1 Å². The maximum atomic E-state index is 13.4. The molecule has 0 bridgehead atoms. The zero-order valence-corrected chi connectivity index (χ0v) is 10.2. The Kier molecular flexibility index (Phi) is 5.08. The summed E-state index contributed by atoms with van der Waals surface area (Å²) in [6.45, 7) is 0. The van der Waals surface area contributed by atoms with Gasteiger partial charge in [-0.3, -0.25) is 0 Å². The highest BCUT2D eigenvalue weighted by atomic mass is 35.5. The molecule has 0 amide bonds. The van der Waals surface area contributed by atoms with Gasteiger partial charge in [-0.25, -0.2) is 14.0 Å². The molecule has 0 fully saturated rings. The van der Waals surface area contributed by atoms with Gasteiger partial charge in [0.25, 0.3) is 0 Å². The standard InChI is InChI=1S/C12H9ClFNO4/c13-8-2-1-3-9(14)11(8)15-6-7(12(18)19)4-5-10(16)17/h1-6,15H,(H,16,17)(H,18,19). The molecule has 7 heteroatoms. The molecule has 0 aliphatic heterocycles. The van der Waals surface area contributed by atoms with E-state index >= 15 is 0 Å². The fourth-order valence-corrected chi connectivity index (χ4v) is 1.35. The van der Waals surface area contributed by atoms with Crippen molar-refractivity contribution < 1.29 is 24.2 Å². The van der Waals surface area contributed by atoms with E-state index in [0.29, 0.717) is 6.08 Å². The number of nitrogens with one attached hydrogen (secondary N) is 1. The van der Waals surface area contributed by atoms with Crippen molar-refractivity contribution >= 4 is 29.2 Å². The van der Waals surface area contributed by atoms with E-state index in [1.165, 1.54) is 12.1 Å². The molecule has 0 spiro atoms. The molecule has 1 aromatic carbocycles. The highest BCUT2D eigenvalue weighted by Crippen LogP contribution is 2.24. The van der Waals surface area contributed by atoms with Gasteiger partial charge in [-0.15, -0.1) is 0 Å². The molecular weight excluding hydrogens is 277 g/mol. The monoisotopic (exact) mass is 285 g/mol. The summed E-state index contributed by atoms with van der Waals surface area (Å²) in [4.78, 5) is 21.1. The first-order valence-electron chi connectivity index (χ1n) is 4.97. The molecule has 0 saturated heterocycles. The molecule has 19 heavy (non-hydrogen) atoms. The predicted octanol–water partition coefficient (Wildman–Crippen LogP) is 2.50. The average molecular weight is 286 g/mol. The van der Waals surface area contributed by atoms with E-state index in [2.05, 4.69) is 5.32 Å². The fraction of sp³-hybridized carbons (Fsp3) is 0. The fourth-order valence-electron chi connectivity index (χ4n) is 1.13. The lowest BCUT2D eigenvalue weighted by atomic mass is 10.2. The van der Waals surface area contributed by atoms with Crippen LogP contribution in [0.25, 0.3) is 0 Å². The lowest BCUT2D eigenvalue weighted by Crippen LogP contribution is -2.03. The molecule has 0 radical (unpaired) electrons. The van der Waals surface area contributed by atoms with Gasteiger partial charge in [0.15, 0.2) is 0 Å². The summed E-state index contributed by atoms with van der Waals surface area (Å²) in [5.41, 5.74) is -0.451. The highest BCUT2D eigenvalue weighted by Gasteiger charge is 2.07. The Morgan fingerprint density at radius 1 is 1.26 bits per heavy atom. The Labute approximate surface area is 112 Å². The van der Waals surface area contributed by atoms with Crippen molar-refractivity contribution in [3.8, 4) is 0 Å². The molecule has 0 saturated carbocycles. The second-order valence-corrected chi connectivity index (χ2v) is 3.72. The van der Waals surface area contributed by atoms with Crippen molar-refractivity contribution in [1.82, 2.24) is 0 Å². The number of carboxylic acids is 2. The number of halogens is 2. The van der Waals surface area contributed by atoms with Crippen LogP contribution in [0, 0.1) is 5.82 Å². The van der Waals surface area contributed by atoms with Crippen LogP contribution in [0.2, 0.25) is 5.02 Å². The van der Waals surface area contributed by atoms with E-state index in [4.69, 9.17) is 21.8 Å². The minimum atomic E-state index is -1.36. The zero-order chi connectivity index (χ0) is 14.4. The molecule has 1 rings (SSSR count). The van der Waals surface area contributed by atoms with Crippen LogP contribution in [-0.2, 0) is 9.59 Å². The van der Waals surface area contributed by atoms with Gasteiger partial charge in [-0.05, 0) is 18.2 Å². The number of anilines is 1. The van der Waals surface area contributed by atoms with Crippen LogP contribution < -0.4 is 5.32 Å². The molecule has 1 aromatic rings. The molecule has 0 aliphatic rings. The van der Waals surface area contributed by atoms with Gasteiger partial charge < -0.3 is 15.5 Å². The smallest absolute Gasteiger partial charge is 0.337 e. The molecule has 0 atom stereocenters. The summed E-state index contributed by atoms with van der Waals surface area (Å²) >= 11 is 5.73. The number of benzene rings is 1.